The third kappa shape index (κ3) is 4.87. The van der Waals surface area contributed by atoms with Gasteiger partial charge in [-0.2, -0.15) is 0 Å². The Labute approximate surface area is 86.3 Å². The summed E-state index contributed by atoms with van der Waals surface area (Å²) in [5, 5.41) is 3.20. The third-order valence-corrected chi connectivity index (χ3v) is 1.99. The van der Waals surface area contributed by atoms with Gasteiger partial charge >= 0.3 is 0 Å². The summed E-state index contributed by atoms with van der Waals surface area (Å²) in [7, 11) is 0. The smallest absolute Gasteiger partial charge is 0.116 e. The Bertz CT molecular complexity index is 233. The van der Waals surface area contributed by atoms with Crippen LogP contribution in [0.25, 0.3) is 0 Å². The molecule has 0 heterocycles. The van der Waals surface area contributed by atoms with Gasteiger partial charge in [-0.3, -0.25) is 0 Å². The molecule has 1 aromatic carbocycles. The number of hydrogen-bond donors (Lipinski definition) is 1. The summed E-state index contributed by atoms with van der Waals surface area (Å²) in [5.74, 6) is 0.715. The molecule has 0 bridgehead atoms. The minimum absolute atomic E-state index is 0.594. The zero-order valence-electron chi connectivity index (χ0n) is 8.99. The second-order valence-electron chi connectivity index (χ2n) is 3.78. The normalized spacial score (nSPS) is 10.5. The van der Waals surface area contributed by atoms with Crippen LogP contribution in [0.1, 0.15) is 20.3 Å². The van der Waals surface area contributed by atoms with E-state index in [1.54, 1.807) is 0 Å². The van der Waals surface area contributed by atoms with Crippen molar-refractivity contribution in [3.8, 4) is 0 Å². The number of hydrogen-bond acceptors (Lipinski definition) is 2. The predicted octanol–water partition coefficient (Wildman–Crippen LogP) is 3.12. The van der Waals surface area contributed by atoms with E-state index in [2.05, 4.69) is 19.2 Å². The molecule has 0 fully saturated rings. The second kappa shape index (κ2) is 6.44. The Morgan fingerprint density at radius 3 is 2.57 bits per heavy atom. The van der Waals surface area contributed by atoms with Gasteiger partial charge in [0.1, 0.15) is 6.73 Å². The van der Waals surface area contributed by atoms with Crippen molar-refractivity contribution in [2.75, 3.05) is 18.7 Å². The van der Waals surface area contributed by atoms with Crippen molar-refractivity contribution in [3.05, 3.63) is 30.3 Å². The lowest BCUT2D eigenvalue weighted by molar-refractivity contribution is 0.140. The Balaban J connectivity index is 2.05. The lowest BCUT2D eigenvalue weighted by Crippen LogP contribution is -2.08. The van der Waals surface area contributed by atoms with E-state index in [1.165, 1.54) is 0 Å². The van der Waals surface area contributed by atoms with Crippen LogP contribution in [0.5, 0.6) is 0 Å². The highest BCUT2D eigenvalue weighted by atomic mass is 16.5. The highest BCUT2D eigenvalue weighted by molar-refractivity contribution is 5.41. The van der Waals surface area contributed by atoms with E-state index in [0.29, 0.717) is 12.6 Å². The number of para-hydroxylation sites is 1. The maximum absolute atomic E-state index is 5.44. The first-order valence-corrected chi connectivity index (χ1v) is 5.15. The summed E-state index contributed by atoms with van der Waals surface area (Å²) in [6, 6.07) is 10.1. The van der Waals surface area contributed by atoms with Gasteiger partial charge in [0.25, 0.3) is 0 Å². The van der Waals surface area contributed by atoms with Crippen LogP contribution in [0, 0.1) is 5.92 Å². The zero-order valence-corrected chi connectivity index (χ0v) is 8.99. The van der Waals surface area contributed by atoms with Crippen molar-refractivity contribution in [2.45, 2.75) is 20.3 Å². The standard InChI is InChI=1S/C12H19NO/c1-11(2)8-9-14-10-13-12-6-4-3-5-7-12/h3-7,11,13H,8-10H2,1-2H3. The van der Waals surface area contributed by atoms with E-state index in [4.69, 9.17) is 4.74 Å². The molecule has 2 heteroatoms. The van der Waals surface area contributed by atoms with Gasteiger partial charge in [-0.1, -0.05) is 32.0 Å². The molecule has 0 aliphatic heterocycles. The Kier molecular flexibility index (Phi) is 5.08. The van der Waals surface area contributed by atoms with Crippen molar-refractivity contribution in [1.29, 1.82) is 0 Å². The van der Waals surface area contributed by atoms with Crippen molar-refractivity contribution in [2.24, 2.45) is 5.92 Å². The number of nitrogens with one attached hydrogen (secondary N) is 1. The molecule has 1 rings (SSSR count). The van der Waals surface area contributed by atoms with E-state index in [9.17, 15) is 0 Å². The second-order valence-corrected chi connectivity index (χ2v) is 3.78. The van der Waals surface area contributed by atoms with Crippen LogP contribution in [0.4, 0.5) is 5.69 Å². The Morgan fingerprint density at radius 2 is 1.93 bits per heavy atom. The zero-order chi connectivity index (χ0) is 10.2. The van der Waals surface area contributed by atoms with Crippen LogP contribution in [0.3, 0.4) is 0 Å². The van der Waals surface area contributed by atoms with E-state index >= 15 is 0 Å². The summed E-state index contributed by atoms with van der Waals surface area (Å²) >= 11 is 0. The largest absolute Gasteiger partial charge is 0.363 e. The van der Waals surface area contributed by atoms with E-state index in [0.717, 1.165) is 18.7 Å². The summed E-state index contributed by atoms with van der Waals surface area (Å²) in [4.78, 5) is 0. The van der Waals surface area contributed by atoms with Crippen molar-refractivity contribution in [3.63, 3.8) is 0 Å². The molecule has 0 aliphatic rings. The molecule has 1 aromatic rings. The van der Waals surface area contributed by atoms with Crippen LogP contribution in [-0.2, 0) is 4.74 Å². The lowest BCUT2D eigenvalue weighted by Gasteiger charge is -2.08. The van der Waals surface area contributed by atoms with Gasteiger partial charge in [0.15, 0.2) is 0 Å². The molecule has 1 N–H and O–H groups in total. The number of benzene rings is 1. The molecule has 0 saturated carbocycles. The van der Waals surface area contributed by atoms with Gasteiger partial charge in [-0.25, -0.2) is 0 Å². The number of ether oxygens (including phenoxy) is 1. The molecule has 14 heavy (non-hydrogen) atoms. The first-order chi connectivity index (χ1) is 6.79. The quantitative estimate of drug-likeness (QED) is 0.553. The first kappa shape index (κ1) is 11.1. The fourth-order valence-electron chi connectivity index (χ4n) is 1.08. The van der Waals surface area contributed by atoms with Gasteiger partial charge in [-0.05, 0) is 24.5 Å². The first-order valence-electron chi connectivity index (χ1n) is 5.15. The SMILES string of the molecule is CC(C)CCOCNc1ccccc1. The summed E-state index contributed by atoms with van der Waals surface area (Å²) in [5.41, 5.74) is 1.11. The predicted molar refractivity (Wildman–Crippen MR) is 60.3 cm³/mol. The average Bonchev–Trinajstić information content (AvgIpc) is 2.18. The van der Waals surface area contributed by atoms with Crippen LogP contribution < -0.4 is 5.32 Å². The molecule has 2 nitrogen and oxygen atoms in total. The fraction of sp³-hybridized carbons (Fsp3) is 0.500. The van der Waals surface area contributed by atoms with Crippen molar-refractivity contribution in [1.82, 2.24) is 0 Å². The summed E-state index contributed by atoms with van der Waals surface area (Å²) in [6.07, 6.45) is 1.12. The lowest BCUT2D eigenvalue weighted by atomic mass is 10.1. The molecular weight excluding hydrogens is 174 g/mol. The highest BCUT2D eigenvalue weighted by Crippen LogP contribution is 2.04. The molecule has 0 radical (unpaired) electrons. The van der Waals surface area contributed by atoms with Crippen LogP contribution in [0.2, 0.25) is 0 Å². The Hall–Kier alpha value is -1.02. The van der Waals surface area contributed by atoms with E-state index < -0.39 is 0 Å². The van der Waals surface area contributed by atoms with Crippen molar-refractivity contribution < 1.29 is 4.74 Å². The van der Waals surface area contributed by atoms with E-state index in [-0.39, 0.29) is 0 Å². The van der Waals surface area contributed by atoms with Crippen LogP contribution in [-0.4, -0.2) is 13.3 Å². The van der Waals surface area contributed by atoms with Gasteiger partial charge in [0.05, 0.1) is 0 Å². The Morgan fingerprint density at radius 1 is 1.21 bits per heavy atom. The maximum atomic E-state index is 5.44. The van der Waals surface area contributed by atoms with E-state index in [1.807, 2.05) is 30.3 Å². The molecule has 0 spiro atoms. The van der Waals surface area contributed by atoms with Gasteiger partial charge in [-0.15, -0.1) is 0 Å². The number of rotatable bonds is 6. The third-order valence-electron chi connectivity index (χ3n) is 1.99. The average molecular weight is 193 g/mol. The van der Waals surface area contributed by atoms with Crippen molar-refractivity contribution >= 4 is 5.69 Å². The molecule has 0 aliphatic carbocycles. The summed E-state index contributed by atoms with van der Waals surface area (Å²) < 4.78 is 5.44. The molecule has 0 atom stereocenters. The molecule has 78 valence electrons. The topological polar surface area (TPSA) is 21.3 Å². The monoisotopic (exact) mass is 193 g/mol. The molecule has 0 unspecified atom stereocenters. The van der Waals surface area contributed by atoms with Gasteiger partial charge < -0.3 is 10.1 Å². The molecule has 0 amide bonds. The fourth-order valence-corrected chi connectivity index (χ4v) is 1.08. The molecule has 0 saturated heterocycles. The van der Waals surface area contributed by atoms with Crippen LogP contribution in [0.15, 0.2) is 30.3 Å². The maximum Gasteiger partial charge on any atom is 0.116 e. The summed E-state index contributed by atoms with van der Waals surface area (Å²) in [6.45, 7) is 5.83. The van der Waals surface area contributed by atoms with Crippen LogP contribution >= 0.6 is 0 Å². The highest BCUT2D eigenvalue weighted by Gasteiger charge is 1.93. The molecule has 0 aromatic heterocycles. The van der Waals surface area contributed by atoms with Gasteiger partial charge in [0, 0.05) is 12.3 Å². The van der Waals surface area contributed by atoms with Gasteiger partial charge in [0.2, 0.25) is 0 Å². The number of anilines is 1. The molecular formula is C12H19NO. The minimum atomic E-state index is 0.594. The minimum Gasteiger partial charge on any atom is -0.363 e.